The summed E-state index contributed by atoms with van der Waals surface area (Å²) in [7, 11) is 0. The molecule has 0 fully saturated rings. The molecule has 0 saturated carbocycles. The van der Waals surface area contributed by atoms with Gasteiger partial charge < -0.3 is 25.7 Å². The lowest BCUT2D eigenvalue weighted by Crippen LogP contribution is -2.48. The van der Waals surface area contributed by atoms with E-state index in [9.17, 15) is 19.2 Å². The second kappa shape index (κ2) is 13.4. The Bertz CT molecular complexity index is 1080. The SMILES string of the molecule is Cc1oc2nc1C(=O)N[C@H](C)C(=O)NCCCC[C@H](NC(=O)CCCc1cccs1)C(=O)N[C@H]2C(C)C. The number of nitrogens with one attached hydrogen (secondary N) is 4. The van der Waals surface area contributed by atoms with Gasteiger partial charge in [-0.1, -0.05) is 19.9 Å². The zero-order chi connectivity index (χ0) is 26.9. The molecule has 3 atom stereocenters. The molecule has 4 amide bonds. The van der Waals surface area contributed by atoms with Gasteiger partial charge in [-0.25, -0.2) is 4.98 Å². The normalized spacial score (nSPS) is 21.8. The fourth-order valence-electron chi connectivity index (χ4n) is 4.11. The van der Waals surface area contributed by atoms with Crippen LogP contribution in [0.15, 0.2) is 21.9 Å². The molecule has 2 aromatic heterocycles. The lowest BCUT2D eigenvalue weighted by atomic mass is 10.0. The van der Waals surface area contributed by atoms with Crippen molar-refractivity contribution in [2.24, 2.45) is 5.92 Å². The van der Waals surface area contributed by atoms with E-state index < -0.39 is 24.0 Å². The molecule has 37 heavy (non-hydrogen) atoms. The highest BCUT2D eigenvalue weighted by atomic mass is 32.1. The number of thiophene rings is 1. The van der Waals surface area contributed by atoms with E-state index in [1.165, 1.54) is 4.88 Å². The average molecular weight is 532 g/mol. The van der Waals surface area contributed by atoms with E-state index in [1.807, 2.05) is 31.4 Å². The minimum atomic E-state index is -0.748. The first-order chi connectivity index (χ1) is 17.7. The summed E-state index contributed by atoms with van der Waals surface area (Å²) in [6.07, 6.45) is 3.49. The molecule has 0 unspecified atom stereocenters. The standard InChI is InChI=1S/C26H37N5O5S/c1-15(2)21-26-31-22(17(4)36-26)25(35)28-16(3)23(33)27-13-6-5-11-19(24(34)30-21)29-20(32)12-7-9-18-10-8-14-37-18/h8,10,14-16,19,21H,5-7,9,11-13H2,1-4H3,(H,27,33)(H,28,35)(H,29,32)(H,30,34)/t16-,19+,21+/m1/s1. The Labute approximate surface area is 221 Å². The van der Waals surface area contributed by atoms with Gasteiger partial charge in [0.2, 0.25) is 23.6 Å². The summed E-state index contributed by atoms with van der Waals surface area (Å²) in [5.41, 5.74) is 0.0669. The number of carbonyl (C=O) groups excluding carboxylic acids is 4. The van der Waals surface area contributed by atoms with Crippen LogP contribution in [0.3, 0.4) is 0 Å². The second-order valence-electron chi connectivity index (χ2n) is 9.72. The van der Waals surface area contributed by atoms with Crippen LogP contribution in [0, 0.1) is 12.8 Å². The third-order valence-corrected chi connectivity index (χ3v) is 7.21. The molecule has 1 aliphatic heterocycles. The van der Waals surface area contributed by atoms with Gasteiger partial charge in [-0.3, -0.25) is 19.2 Å². The van der Waals surface area contributed by atoms with E-state index in [1.54, 1.807) is 25.2 Å². The molecule has 2 bridgehead atoms. The van der Waals surface area contributed by atoms with Crippen LogP contribution in [-0.2, 0) is 20.8 Å². The second-order valence-corrected chi connectivity index (χ2v) is 10.8. The van der Waals surface area contributed by atoms with E-state index in [0.29, 0.717) is 44.4 Å². The van der Waals surface area contributed by atoms with Crippen molar-refractivity contribution >= 4 is 35.0 Å². The lowest BCUT2D eigenvalue weighted by molar-refractivity contribution is -0.130. The number of aromatic nitrogens is 1. The van der Waals surface area contributed by atoms with Crippen LogP contribution in [0.1, 0.15) is 85.9 Å². The molecule has 0 saturated heterocycles. The van der Waals surface area contributed by atoms with Crippen LogP contribution in [0.25, 0.3) is 0 Å². The first kappa shape index (κ1) is 28.4. The van der Waals surface area contributed by atoms with Gasteiger partial charge in [-0.15, -0.1) is 11.3 Å². The van der Waals surface area contributed by atoms with E-state index in [0.717, 1.165) is 6.42 Å². The smallest absolute Gasteiger partial charge is 0.274 e. The van der Waals surface area contributed by atoms with Crippen LogP contribution in [0.2, 0.25) is 0 Å². The Morgan fingerprint density at radius 1 is 1.22 bits per heavy atom. The predicted octanol–water partition coefficient (Wildman–Crippen LogP) is 2.78. The van der Waals surface area contributed by atoms with E-state index in [-0.39, 0.29) is 35.2 Å². The molecule has 3 heterocycles. The Morgan fingerprint density at radius 3 is 2.70 bits per heavy atom. The Hall–Kier alpha value is -3.21. The summed E-state index contributed by atoms with van der Waals surface area (Å²) in [6.45, 7) is 7.43. The summed E-state index contributed by atoms with van der Waals surface area (Å²) >= 11 is 1.66. The van der Waals surface area contributed by atoms with Gasteiger partial charge in [0.25, 0.3) is 5.91 Å². The zero-order valence-electron chi connectivity index (χ0n) is 21.9. The molecule has 4 N–H and O–H groups in total. The van der Waals surface area contributed by atoms with Crippen molar-refractivity contribution in [1.29, 1.82) is 0 Å². The van der Waals surface area contributed by atoms with Crippen molar-refractivity contribution in [2.45, 2.75) is 84.3 Å². The highest BCUT2D eigenvalue weighted by molar-refractivity contribution is 7.09. The zero-order valence-corrected chi connectivity index (χ0v) is 22.7. The van der Waals surface area contributed by atoms with Crippen molar-refractivity contribution in [3.63, 3.8) is 0 Å². The molecule has 1 aliphatic rings. The van der Waals surface area contributed by atoms with Gasteiger partial charge >= 0.3 is 0 Å². The van der Waals surface area contributed by atoms with Crippen LogP contribution >= 0.6 is 11.3 Å². The van der Waals surface area contributed by atoms with Gasteiger partial charge in [0.05, 0.1) is 0 Å². The van der Waals surface area contributed by atoms with Gasteiger partial charge in [-0.05, 0) is 63.3 Å². The minimum absolute atomic E-state index is 0.0669. The highest BCUT2D eigenvalue weighted by Crippen LogP contribution is 2.24. The van der Waals surface area contributed by atoms with Gasteiger partial charge in [-0.2, -0.15) is 0 Å². The van der Waals surface area contributed by atoms with Crippen molar-refractivity contribution in [3.05, 3.63) is 39.7 Å². The van der Waals surface area contributed by atoms with Gasteiger partial charge in [0.15, 0.2) is 5.69 Å². The summed E-state index contributed by atoms with van der Waals surface area (Å²) < 4.78 is 5.78. The topological polar surface area (TPSA) is 142 Å². The molecule has 0 aromatic carbocycles. The Kier molecular flexibility index (Phi) is 10.2. The Morgan fingerprint density at radius 2 is 2.00 bits per heavy atom. The number of rotatable bonds is 6. The van der Waals surface area contributed by atoms with Gasteiger partial charge in [0.1, 0.15) is 23.9 Å². The summed E-state index contributed by atoms with van der Waals surface area (Å²) in [5.74, 6) is -0.948. The first-order valence-electron chi connectivity index (χ1n) is 12.8. The molecule has 10 nitrogen and oxygen atoms in total. The van der Waals surface area contributed by atoms with E-state index in [2.05, 4.69) is 26.3 Å². The molecule has 11 heteroatoms. The minimum Gasteiger partial charge on any atom is -0.443 e. The number of hydrogen-bond donors (Lipinski definition) is 4. The Balaban J connectivity index is 1.76. The monoisotopic (exact) mass is 531 g/mol. The molecule has 3 rings (SSSR count). The maximum Gasteiger partial charge on any atom is 0.274 e. The first-order valence-corrected chi connectivity index (χ1v) is 13.7. The van der Waals surface area contributed by atoms with Crippen LogP contribution in [0.5, 0.6) is 0 Å². The number of oxazole rings is 1. The molecule has 2 aromatic rings. The van der Waals surface area contributed by atoms with E-state index in [4.69, 9.17) is 4.42 Å². The van der Waals surface area contributed by atoms with Crippen LogP contribution < -0.4 is 21.3 Å². The maximum atomic E-state index is 13.3. The summed E-state index contributed by atoms with van der Waals surface area (Å²) in [5, 5.41) is 13.3. The average Bonchev–Trinajstić information content (AvgIpc) is 3.50. The number of fused-ring (bicyclic) bond motifs is 2. The lowest BCUT2D eigenvalue weighted by Gasteiger charge is -2.24. The molecular weight excluding hydrogens is 494 g/mol. The van der Waals surface area contributed by atoms with Crippen molar-refractivity contribution < 1.29 is 23.6 Å². The van der Waals surface area contributed by atoms with Crippen molar-refractivity contribution in [3.8, 4) is 0 Å². The van der Waals surface area contributed by atoms with E-state index >= 15 is 0 Å². The highest BCUT2D eigenvalue weighted by Gasteiger charge is 2.30. The van der Waals surface area contributed by atoms with Gasteiger partial charge in [0, 0.05) is 17.8 Å². The molecule has 0 aliphatic carbocycles. The summed E-state index contributed by atoms with van der Waals surface area (Å²) in [4.78, 5) is 56.8. The van der Waals surface area contributed by atoms with Crippen molar-refractivity contribution in [2.75, 3.05) is 6.54 Å². The molecular formula is C26H37N5O5S. The fraction of sp³-hybridized carbons (Fsp3) is 0.577. The number of amides is 4. The van der Waals surface area contributed by atoms with Crippen LogP contribution in [0.4, 0.5) is 0 Å². The number of hydrogen-bond acceptors (Lipinski definition) is 7. The quantitative estimate of drug-likeness (QED) is 0.452. The summed E-state index contributed by atoms with van der Waals surface area (Å²) in [6, 6.07) is 1.95. The number of aryl methyl sites for hydroxylation is 2. The number of nitrogens with zero attached hydrogens (tertiary/aromatic N) is 1. The third-order valence-electron chi connectivity index (χ3n) is 6.28. The third kappa shape index (κ3) is 8.14. The molecule has 0 radical (unpaired) electrons. The fourth-order valence-corrected chi connectivity index (χ4v) is 4.86. The van der Waals surface area contributed by atoms with Crippen LogP contribution in [-0.4, -0.2) is 47.2 Å². The molecule has 202 valence electrons. The molecule has 0 spiro atoms. The van der Waals surface area contributed by atoms with Crippen molar-refractivity contribution in [1.82, 2.24) is 26.3 Å². The predicted molar refractivity (Wildman–Crippen MR) is 140 cm³/mol. The largest absolute Gasteiger partial charge is 0.443 e. The maximum absolute atomic E-state index is 13.3. The number of carbonyl (C=O) groups is 4.